The Morgan fingerprint density at radius 3 is 2.67 bits per heavy atom. The summed E-state index contributed by atoms with van der Waals surface area (Å²) >= 11 is 0. The van der Waals surface area contributed by atoms with Crippen LogP contribution in [-0.4, -0.2) is 60.9 Å². The van der Waals surface area contributed by atoms with Gasteiger partial charge in [0.15, 0.2) is 17.6 Å². The number of nitrogens with zero attached hydrogens (tertiary/aromatic N) is 1. The summed E-state index contributed by atoms with van der Waals surface area (Å²) in [5, 5.41) is 8.95. The van der Waals surface area contributed by atoms with E-state index in [4.69, 9.17) is 19.3 Å². The molecule has 132 valence electrons. The Labute approximate surface area is 141 Å². The number of rotatable bonds is 8. The van der Waals surface area contributed by atoms with Gasteiger partial charge in [0, 0.05) is 13.0 Å². The number of benzene rings is 1. The molecule has 0 radical (unpaired) electrons. The summed E-state index contributed by atoms with van der Waals surface area (Å²) < 4.78 is 16.3. The van der Waals surface area contributed by atoms with Gasteiger partial charge in [-0.05, 0) is 25.5 Å². The number of carbonyl (C=O) groups excluding carboxylic acids is 1. The van der Waals surface area contributed by atoms with Gasteiger partial charge in [0.2, 0.25) is 5.91 Å². The predicted octanol–water partition coefficient (Wildman–Crippen LogP) is 1.56. The molecule has 1 amide bonds. The molecule has 0 bridgehead atoms. The SMILES string of the molecule is CCOc1ccccc1OCCCC(=O)N1CCOC(C(=O)O)C1. The summed E-state index contributed by atoms with van der Waals surface area (Å²) in [4.78, 5) is 24.6. The standard InChI is InChI=1S/C17H23NO6/c1-2-22-13-6-3-4-7-14(13)23-10-5-8-16(19)18-9-11-24-15(12-18)17(20)21/h3-4,6-7,15H,2,5,8-12H2,1H3,(H,20,21). The molecule has 0 aromatic heterocycles. The van der Waals surface area contributed by atoms with E-state index in [9.17, 15) is 9.59 Å². The number of hydrogen-bond donors (Lipinski definition) is 1. The van der Waals surface area contributed by atoms with Crippen LogP contribution in [0.4, 0.5) is 0 Å². The van der Waals surface area contributed by atoms with E-state index in [0.29, 0.717) is 44.1 Å². The van der Waals surface area contributed by atoms with E-state index in [0.717, 1.165) is 0 Å². The van der Waals surface area contributed by atoms with E-state index in [1.54, 1.807) is 0 Å². The van der Waals surface area contributed by atoms with Crippen molar-refractivity contribution < 1.29 is 28.9 Å². The normalized spacial score (nSPS) is 17.4. The molecule has 0 saturated carbocycles. The first-order valence-corrected chi connectivity index (χ1v) is 8.08. The quantitative estimate of drug-likeness (QED) is 0.725. The molecule has 0 aliphatic carbocycles. The molecule has 1 aromatic rings. The Hall–Kier alpha value is -2.28. The number of aliphatic carboxylic acids is 1. The van der Waals surface area contributed by atoms with E-state index in [1.165, 1.54) is 4.90 Å². The Morgan fingerprint density at radius 2 is 2.00 bits per heavy atom. The summed E-state index contributed by atoms with van der Waals surface area (Å²) in [6.07, 6.45) is -0.0747. The van der Waals surface area contributed by atoms with Crippen molar-refractivity contribution in [2.75, 3.05) is 32.9 Å². The van der Waals surface area contributed by atoms with E-state index in [-0.39, 0.29) is 19.1 Å². The summed E-state index contributed by atoms with van der Waals surface area (Å²) in [6, 6.07) is 7.40. The van der Waals surface area contributed by atoms with Crippen molar-refractivity contribution in [2.24, 2.45) is 0 Å². The molecular formula is C17H23NO6. The van der Waals surface area contributed by atoms with Gasteiger partial charge >= 0.3 is 5.97 Å². The minimum atomic E-state index is -1.04. The zero-order chi connectivity index (χ0) is 17.4. The molecule has 1 fully saturated rings. The van der Waals surface area contributed by atoms with Crippen molar-refractivity contribution in [2.45, 2.75) is 25.9 Å². The smallest absolute Gasteiger partial charge is 0.334 e. The van der Waals surface area contributed by atoms with Gasteiger partial charge in [0.05, 0.1) is 26.4 Å². The summed E-state index contributed by atoms with van der Waals surface area (Å²) in [6.45, 7) is 3.63. The van der Waals surface area contributed by atoms with Crippen LogP contribution in [0.2, 0.25) is 0 Å². The highest BCUT2D eigenvalue weighted by Crippen LogP contribution is 2.26. The Balaban J connectivity index is 1.74. The lowest BCUT2D eigenvalue weighted by Gasteiger charge is -2.30. The van der Waals surface area contributed by atoms with Crippen LogP contribution in [0.3, 0.4) is 0 Å². The molecule has 1 aliphatic rings. The molecule has 7 heteroatoms. The first-order valence-electron chi connectivity index (χ1n) is 8.08. The average Bonchev–Trinajstić information content (AvgIpc) is 2.60. The van der Waals surface area contributed by atoms with Crippen molar-refractivity contribution in [3.8, 4) is 11.5 Å². The van der Waals surface area contributed by atoms with Gasteiger partial charge < -0.3 is 24.2 Å². The van der Waals surface area contributed by atoms with E-state index < -0.39 is 12.1 Å². The van der Waals surface area contributed by atoms with Crippen LogP contribution in [0.25, 0.3) is 0 Å². The van der Waals surface area contributed by atoms with Gasteiger partial charge in [-0.1, -0.05) is 12.1 Å². The number of carboxylic acid groups (broad SMARTS) is 1. The van der Waals surface area contributed by atoms with Crippen LogP contribution in [0.15, 0.2) is 24.3 Å². The second-order valence-electron chi connectivity index (χ2n) is 5.37. The minimum absolute atomic E-state index is 0.0776. The lowest BCUT2D eigenvalue weighted by Crippen LogP contribution is -2.48. The third-order valence-corrected chi connectivity index (χ3v) is 3.64. The molecule has 2 rings (SSSR count). The Bertz CT molecular complexity index is 562. The van der Waals surface area contributed by atoms with Crippen LogP contribution in [-0.2, 0) is 14.3 Å². The molecule has 1 aliphatic heterocycles. The van der Waals surface area contributed by atoms with Crippen LogP contribution in [0.1, 0.15) is 19.8 Å². The van der Waals surface area contributed by atoms with Crippen molar-refractivity contribution >= 4 is 11.9 Å². The highest BCUT2D eigenvalue weighted by molar-refractivity contribution is 5.78. The van der Waals surface area contributed by atoms with Crippen molar-refractivity contribution in [3.05, 3.63) is 24.3 Å². The van der Waals surface area contributed by atoms with Crippen LogP contribution in [0.5, 0.6) is 11.5 Å². The number of carboxylic acids is 1. The molecule has 1 N–H and O–H groups in total. The fraction of sp³-hybridized carbons (Fsp3) is 0.529. The molecule has 0 spiro atoms. The van der Waals surface area contributed by atoms with Gasteiger partial charge in [-0.25, -0.2) is 4.79 Å². The number of carbonyl (C=O) groups is 2. The molecule has 24 heavy (non-hydrogen) atoms. The summed E-state index contributed by atoms with van der Waals surface area (Å²) in [5.41, 5.74) is 0. The molecular weight excluding hydrogens is 314 g/mol. The molecule has 1 heterocycles. The lowest BCUT2D eigenvalue weighted by atomic mass is 10.2. The molecule has 1 atom stereocenters. The number of ether oxygens (including phenoxy) is 3. The van der Waals surface area contributed by atoms with Gasteiger partial charge in [-0.15, -0.1) is 0 Å². The summed E-state index contributed by atoms with van der Waals surface area (Å²) in [5.74, 6) is 0.225. The van der Waals surface area contributed by atoms with Crippen molar-refractivity contribution in [1.29, 1.82) is 0 Å². The van der Waals surface area contributed by atoms with E-state index in [2.05, 4.69) is 0 Å². The summed E-state index contributed by atoms with van der Waals surface area (Å²) in [7, 11) is 0. The highest BCUT2D eigenvalue weighted by Gasteiger charge is 2.28. The van der Waals surface area contributed by atoms with Crippen LogP contribution >= 0.6 is 0 Å². The van der Waals surface area contributed by atoms with E-state index >= 15 is 0 Å². The van der Waals surface area contributed by atoms with Crippen molar-refractivity contribution in [3.63, 3.8) is 0 Å². The molecule has 7 nitrogen and oxygen atoms in total. The van der Waals surface area contributed by atoms with E-state index in [1.807, 2.05) is 31.2 Å². The molecule has 1 saturated heterocycles. The average molecular weight is 337 g/mol. The highest BCUT2D eigenvalue weighted by atomic mass is 16.5. The lowest BCUT2D eigenvalue weighted by molar-refractivity contribution is -0.159. The third kappa shape index (κ3) is 5.13. The largest absolute Gasteiger partial charge is 0.490 e. The maximum Gasteiger partial charge on any atom is 0.334 e. The maximum absolute atomic E-state index is 12.1. The fourth-order valence-electron chi connectivity index (χ4n) is 2.43. The fourth-order valence-corrected chi connectivity index (χ4v) is 2.43. The zero-order valence-electron chi connectivity index (χ0n) is 13.8. The van der Waals surface area contributed by atoms with Gasteiger partial charge in [0.1, 0.15) is 0 Å². The van der Waals surface area contributed by atoms with Gasteiger partial charge in [-0.2, -0.15) is 0 Å². The molecule has 1 aromatic carbocycles. The third-order valence-electron chi connectivity index (χ3n) is 3.64. The molecule has 1 unspecified atom stereocenters. The van der Waals surface area contributed by atoms with Gasteiger partial charge in [-0.3, -0.25) is 4.79 Å². The second-order valence-corrected chi connectivity index (χ2v) is 5.37. The maximum atomic E-state index is 12.1. The Kier molecular flexibility index (Phi) is 6.87. The van der Waals surface area contributed by atoms with Crippen LogP contribution < -0.4 is 9.47 Å². The number of para-hydroxylation sites is 2. The number of morpholine rings is 1. The Morgan fingerprint density at radius 1 is 1.29 bits per heavy atom. The monoisotopic (exact) mass is 337 g/mol. The second kappa shape index (κ2) is 9.12. The number of hydrogen-bond acceptors (Lipinski definition) is 5. The van der Waals surface area contributed by atoms with Crippen molar-refractivity contribution in [1.82, 2.24) is 4.90 Å². The van der Waals surface area contributed by atoms with Crippen LogP contribution in [0, 0.1) is 0 Å². The minimum Gasteiger partial charge on any atom is -0.490 e. The first-order chi connectivity index (χ1) is 11.6. The topological polar surface area (TPSA) is 85.3 Å². The zero-order valence-corrected chi connectivity index (χ0v) is 13.8. The first kappa shape index (κ1) is 18.1. The number of amides is 1. The van der Waals surface area contributed by atoms with Gasteiger partial charge in [0.25, 0.3) is 0 Å². The predicted molar refractivity (Wildman–Crippen MR) is 86.3 cm³/mol.